The molecule has 3 N–H and O–H groups in total. The topological polar surface area (TPSA) is 39.3 Å². The van der Waals surface area contributed by atoms with Crippen LogP contribution in [0.3, 0.4) is 0 Å². The molecule has 1 heterocycles. The minimum atomic E-state index is 0.522. The van der Waals surface area contributed by atoms with Gasteiger partial charge in [-0.05, 0) is 38.9 Å². The van der Waals surface area contributed by atoms with Crippen LogP contribution in [0.25, 0.3) is 0 Å². The highest BCUT2D eigenvalue weighted by atomic mass is 79.9. The number of nitrogens with zero attached hydrogens (tertiary/aromatic N) is 1. The molecule has 5 heteroatoms. The lowest BCUT2D eigenvalue weighted by Crippen LogP contribution is -2.39. The Bertz CT molecular complexity index is 178. The fraction of sp³-hybridized carbons (Fsp3) is 1.00. The van der Waals surface area contributed by atoms with Gasteiger partial charge in [0, 0.05) is 32.7 Å². The SMILES string of the molecule is CCC(Br)N1CCCNCCNCCCNCC1. The highest BCUT2D eigenvalue weighted by molar-refractivity contribution is 9.09. The molecule has 0 radical (unpaired) electrons. The Balaban J connectivity index is 2.29. The van der Waals surface area contributed by atoms with Gasteiger partial charge in [0.25, 0.3) is 0 Å². The Morgan fingerprint density at radius 3 is 2.17 bits per heavy atom. The summed E-state index contributed by atoms with van der Waals surface area (Å²) < 4.78 is 0. The van der Waals surface area contributed by atoms with Crippen molar-refractivity contribution >= 4 is 15.9 Å². The number of nitrogens with one attached hydrogen (secondary N) is 3. The van der Waals surface area contributed by atoms with Crippen LogP contribution in [0.1, 0.15) is 26.2 Å². The van der Waals surface area contributed by atoms with E-state index in [0.717, 1.165) is 52.2 Å². The number of halogens is 1. The van der Waals surface area contributed by atoms with Gasteiger partial charge in [0.1, 0.15) is 0 Å². The predicted octanol–water partition coefficient (Wildman–Crippen LogP) is 0.982. The van der Waals surface area contributed by atoms with Gasteiger partial charge < -0.3 is 16.0 Å². The van der Waals surface area contributed by atoms with Crippen LogP contribution in [0.2, 0.25) is 0 Å². The predicted molar refractivity (Wildman–Crippen MR) is 82.4 cm³/mol. The molecule has 1 atom stereocenters. The lowest BCUT2D eigenvalue weighted by Gasteiger charge is -2.27. The van der Waals surface area contributed by atoms with Gasteiger partial charge in [-0.1, -0.05) is 22.9 Å². The summed E-state index contributed by atoms with van der Waals surface area (Å²) in [6.07, 6.45) is 3.60. The molecule has 1 aliphatic heterocycles. The van der Waals surface area contributed by atoms with Crippen molar-refractivity contribution in [1.29, 1.82) is 0 Å². The van der Waals surface area contributed by atoms with E-state index >= 15 is 0 Å². The second-order valence-corrected chi connectivity index (χ2v) is 5.89. The van der Waals surface area contributed by atoms with E-state index in [9.17, 15) is 0 Å². The lowest BCUT2D eigenvalue weighted by molar-refractivity contribution is 0.251. The van der Waals surface area contributed by atoms with Crippen LogP contribution in [0.5, 0.6) is 0 Å². The highest BCUT2D eigenvalue weighted by Crippen LogP contribution is 2.11. The zero-order chi connectivity index (χ0) is 13.1. The summed E-state index contributed by atoms with van der Waals surface area (Å²) >= 11 is 3.77. The Morgan fingerprint density at radius 2 is 1.50 bits per heavy atom. The molecule has 1 aliphatic rings. The summed E-state index contributed by atoms with van der Waals surface area (Å²) in [5.74, 6) is 0. The summed E-state index contributed by atoms with van der Waals surface area (Å²) in [5.41, 5.74) is 0. The molecule has 1 rings (SSSR count). The Kier molecular flexibility index (Phi) is 10.2. The number of alkyl halides is 1. The summed E-state index contributed by atoms with van der Waals surface area (Å²) in [7, 11) is 0. The van der Waals surface area contributed by atoms with Crippen molar-refractivity contribution in [3.8, 4) is 0 Å². The first kappa shape index (κ1) is 16.4. The van der Waals surface area contributed by atoms with Gasteiger partial charge >= 0.3 is 0 Å². The smallest absolute Gasteiger partial charge is 0.0653 e. The van der Waals surface area contributed by atoms with E-state index < -0.39 is 0 Å². The van der Waals surface area contributed by atoms with Crippen LogP contribution in [0.4, 0.5) is 0 Å². The Hall–Kier alpha value is 0.320. The average molecular weight is 321 g/mol. The molecule has 4 nitrogen and oxygen atoms in total. The first-order valence-electron chi connectivity index (χ1n) is 7.35. The molecule has 1 saturated heterocycles. The van der Waals surface area contributed by atoms with E-state index in [1.807, 2.05) is 0 Å². The Morgan fingerprint density at radius 1 is 0.889 bits per heavy atom. The van der Waals surface area contributed by atoms with Crippen molar-refractivity contribution in [2.24, 2.45) is 0 Å². The molecule has 0 spiro atoms. The molecule has 0 bridgehead atoms. The number of rotatable bonds is 2. The number of hydrogen-bond donors (Lipinski definition) is 3. The monoisotopic (exact) mass is 320 g/mol. The van der Waals surface area contributed by atoms with Gasteiger partial charge in [-0.3, -0.25) is 4.90 Å². The molecule has 0 aromatic heterocycles. The second kappa shape index (κ2) is 11.2. The first-order chi connectivity index (χ1) is 8.84. The van der Waals surface area contributed by atoms with Crippen molar-refractivity contribution in [2.75, 3.05) is 52.4 Å². The first-order valence-corrected chi connectivity index (χ1v) is 8.26. The maximum absolute atomic E-state index is 3.77. The second-order valence-electron chi connectivity index (χ2n) is 4.84. The van der Waals surface area contributed by atoms with Crippen molar-refractivity contribution in [3.05, 3.63) is 0 Å². The molecule has 18 heavy (non-hydrogen) atoms. The van der Waals surface area contributed by atoms with Gasteiger partial charge in [0.15, 0.2) is 0 Å². The van der Waals surface area contributed by atoms with E-state index in [0.29, 0.717) is 4.95 Å². The third kappa shape index (κ3) is 7.69. The van der Waals surface area contributed by atoms with Crippen LogP contribution < -0.4 is 16.0 Å². The zero-order valence-electron chi connectivity index (χ0n) is 11.7. The van der Waals surface area contributed by atoms with Crippen molar-refractivity contribution in [1.82, 2.24) is 20.9 Å². The van der Waals surface area contributed by atoms with E-state index in [1.165, 1.54) is 19.4 Å². The summed E-state index contributed by atoms with van der Waals surface area (Å²) in [6.45, 7) is 11.2. The van der Waals surface area contributed by atoms with E-state index in [-0.39, 0.29) is 0 Å². The minimum absolute atomic E-state index is 0.522. The molecule has 0 aromatic carbocycles. The van der Waals surface area contributed by atoms with Gasteiger partial charge in [0.05, 0.1) is 4.95 Å². The normalized spacial score (nSPS) is 24.3. The Labute approximate surface area is 120 Å². The van der Waals surface area contributed by atoms with E-state index in [2.05, 4.69) is 43.7 Å². The van der Waals surface area contributed by atoms with Crippen LogP contribution >= 0.6 is 15.9 Å². The third-order valence-electron chi connectivity index (χ3n) is 3.29. The van der Waals surface area contributed by atoms with E-state index in [1.54, 1.807) is 0 Å². The van der Waals surface area contributed by atoms with Gasteiger partial charge in [-0.2, -0.15) is 0 Å². The minimum Gasteiger partial charge on any atom is -0.315 e. The van der Waals surface area contributed by atoms with Gasteiger partial charge in [-0.25, -0.2) is 0 Å². The van der Waals surface area contributed by atoms with Crippen LogP contribution in [0, 0.1) is 0 Å². The molecule has 0 aliphatic carbocycles. The standard InChI is InChI=1S/C13H29BrN4/c1-2-13(14)18-11-4-7-16-9-8-15-5-3-6-17-10-12-18/h13,15-17H,2-12H2,1H3. The largest absolute Gasteiger partial charge is 0.315 e. The molecular weight excluding hydrogens is 292 g/mol. The maximum atomic E-state index is 3.77. The van der Waals surface area contributed by atoms with Crippen molar-refractivity contribution in [3.63, 3.8) is 0 Å². The summed E-state index contributed by atoms with van der Waals surface area (Å²) in [5, 5.41) is 10.5. The lowest BCUT2D eigenvalue weighted by atomic mass is 10.3. The third-order valence-corrected chi connectivity index (χ3v) is 4.52. The number of hydrogen-bond acceptors (Lipinski definition) is 4. The summed E-state index contributed by atoms with van der Waals surface area (Å²) in [6, 6.07) is 0. The fourth-order valence-corrected chi connectivity index (χ4v) is 2.58. The zero-order valence-corrected chi connectivity index (χ0v) is 13.3. The molecule has 0 saturated carbocycles. The maximum Gasteiger partial charge on any atom is 0.0653 e. The molecular formula is C13H29BrN4. The fourth-order valence-electron chi connectivity index (χ4n) is 2.17. The van der Waals surface area contributed by atoms with Crippen LogP contribution in [-0.2, 0) is 0 Å². The van der Waals surface area contributed by atoms with Crippen LogP contribution in [0.15, 0.2) is 0 Å². The van der Waals surface area contributed by atoms with Crippen molar-refractivity contribution in [2.45, 2.75) is 31.1 Å². The summed E-state index contributed by atoms with van der Waals surface area (Å²) in [4.78, 5) is 3.06. The molecule has 1 unspecified atom stereocenters. The molecule has 1 fully saturated rings. The van der Waals surface area contributed by atoms with Gasteiger partial charge in [0.2, 0.25) is 0 Å². The molecule has 108 valence electrons. The molecule has 0 aromatic rings. The highest BCUT2D eigenvalue weighted by Gasteiger charge is 2.12. The van der Waals surface area contributed by atoms with Crippen molar-refractivity contribution < 1.29 is 0 Å². The average Bonchev–Trinajstić information content (AvgIpc) is 2.40. The quantitative estimate of drug-likeness (QED) is 0.524. The van der Waals surface area contributed by atoms with Gasteiger partial charge in [-0.15, -0.1) is 0 Å². The molecule has 0 amide bonds. The van der Waals surface area contributed by atoms with E-state index in [4.69, 9.17) is 0 Å². The van der Waals surface area contributed by atoms with Crippen LogP contribution in [-0.4, -0.2) is 62.2 Å².